The number of primary amides is 1. The molecular weight excluding hydrogens is 271 g/mol. The van der Waals surface area contributed by atoms with Crippen LogP contribution in [-0.4, -0.2) is 16.8 Å². The second-order valence-electron chi connectivity index (χ2n) is 4.61. The minimum atomic E-state index is -0.819. The van der Waals surface area contributed by atoms with Gasteiger partial charge in [-0.2, -0.15) is 0 Å². The fraction of sp³-hybridized carbons (Fsp3) is 0.125. The molecule has 0 aromatic heterocycles. The molecule has 2 aromatic carbocycles. The number of carbonyl (C=O) groups excluding carboxylic acids is 2. The molecule has 0 fully saturated rings. The lowest BCUT2D eigenvalue weighted by molar-refractivity contribution is -0.127. The SMILES string of the molecule is NC(=O)N(Cc1ccc(F)cc1)C(=O)Cc1ccccc1. The van der Waals surface area contributed by atoms with E-state index in [1.807, 2.05) is 18.2 Å². The van der Waals surface area contributed by atoms with Crippen LogP contribution in [0, 0.1) is 5.82 Å². The van der Waals surface area contributed by atoms with E-state index >= 15 is 0 Å². The Balaban J connectivity index is 2.09. The number of urea groups is 1. The van der Waals surface area contributed by atoms with Gasteiger partial charge in [0.15, 0.2) is 0 Å². The van der Waals surface area contributed by atoms with Crippen molar-refractivity contribution in [1.82, 2.24) is 4.90 Å². The number of hydrogen-bond donors (Lipinski definition) is 1. The van der Waals surface area contributed by atoms with Gasteiger partial charge in [0, 0.05) is 0 Å². The third kappa shape index (κ3) is 4.14. The number of rotatable bonds is 4. The maximum Gasteiger partial charge on any atom is 0.321 e. The molecule has 0 atom stereocenters. The monoisotopic (exact) mass is 286 g/mol. The van der Waals surface area contributed by atoms with Gasteiger partial charge in [-0.1, -0.05) is 42.5 Å². The van der Waals surface area contributed by atoms with Gasteiger partial charge in [0.25, 0.3) is 0 Å². The van der Waals surface area contributed by atoms with E-state index in [-0.39, 0.29) is 18.8 Å². The van der Waals surface area contributed by atoms with Crippen LogP contribution in [0.3, 0.4) is 0 Å². The Hall–Kier alpha value is -2.69. The molecule has 0 heterocycles. The predicted octanol–water partition coefficient (Wildman–Crippen LogP) is 2.48. The number of benzene rings is 2. The molecule has 5 heteroatoms. The normalized spacial score (nSPS) is 10.1. The second kappa shape index (κ2) is 6.65. The third-order valence-electron chi connectivity index (χ3n) is 3.02. The molecule has 3 amide bonds. The van der Waals surface area contributed by atoms with Gasteiger partial charge in [-0.3, -0.25) is 9.69 Å². The van der Waals surface area contributed by atoms with Crippen LogP contribution in [0.5, 0.6) is 0 Å². The molecular formula is C16H15FN2O2. The van der Waals surface area contributed by atoms with Crippen LogP contribution in [0.15, 0.2) is 54.6 Å². The maximum absolute atomic E-state index is 12.9. The first kappa shape index (κ1) is 14.7. The first-order valence-electron chi connectivity index (χ1n) is 6.44. The second-order valence-corrected chi connectivity index (χ2v) is 4.61. The number of halogens is 1. The van der Waals surface area contributed by atoms with Gasteiger partial charge in [-0.15, -0.1) is 0 Å². The van der Waals surface area contributed by atoms with E-state index in [1.165, 1.54) is 24.3 Å². The van der Waals surface area contributed by atoms with Crippen LogP contribution in [-0.2, 0) is 17.8 Å². The summed E-state index contributed by atoms with van der Waals surface area (Å²) in [5.41, 5.74) is 6.70. The summed E-state index contributed by atoms with van der Waals surface area (Å²) in [5, 5.41) is 0. The lowest BCUT2D eigenvalue weighted by atomic mass is 10.1. The first-order valence-corrected chi connectivity index (χ1v) is 6.44. The molecule has 0 aliphatic heterocycles. The van der Waals surface area contributed by atoms with Gasteiger partial charge >= 0.3 is 6.03 Å². The number of nitrogens with zero attached hydrogens (tertiary/aromatic N) is 1. The number of nitrogens with two attached hydrogens (primary N) is 1. The summed E-state index contributed by atoms with van der Waals surface area (Å²) < 4.78 is 12.9. The molecule has 2 rings (SSSR count). The van der Waals surface area contributed by atoms with Crippen molar-refractivity contribution < 1.29 is 14.0 Å². The smallest absolute Gasteiger partial charge is 0.321 e. The molecule has 0 radical (unpaired) electrons. The summed E-state index contributed by atoms with van der Waals surface area (Å²) in [5.74, 6) is -0.766. The van der Waals surface area contributed by atoms with E-state index in [4.69, 9.17) is 5.73 Å². The van der Waals surface area contributed by atoms with Crippen LogP contribution >= 0.6 is 0 Å². The fourth-order valence-corrected chi connectivity index (χ4v) is 1.93. The van der Waals surface area contributed by atoms with Gasteiger partial charge < -0.3 is 5.73 Å². The van der Waals surface area contributed by atoms with Crippen molar-refractivity contribution in [2.24, 2.45) is 5.73 Å². The van der Waals surface area contributed by atoms with E-state index in [0.717, 1.165) is 10.5 Å². The number of amides is 3. The Bertz CT molecular complexity index is 626. The molecule has 2 aromatic rings. The molecule has 0 aliphatic rings. The summed E-state index contributed by atoms with van der Waals surface area (Å²) >= 11 is 0. The maximum atomic E-state index is 12.9. The zero-order valence-electron chi connectivity index (χ0n) is 11.3. The molecule has 2 N–H and O–H groups in total. The average Bonchev–Trinajstić information content (AvgIpc) is 2.47. The molecule has 0 spiro atoms. The molecule has 4 nitrogen and oxygen atoms in total. The van der Waals surface area contributed by atoms with E-state index in [0.29, 0.717) is 5.56 Å². The van der Waals surface area contributed by atoms with Gasteiger partial charge in [-0.25, -0.2) is 9.18 Å². The van der Waals surface area contributed by atoms with E-state index < -0.39 is 11.9 Å². The van der Waals surface area contributed by atoms with Crippen LogP contribution in [0.4, 0.5) is 9.18 Å². The van der Waals surface area contributed by atoms with Crippen LogP contribution in [0.25, 0.3) is 0 Å². The van der Waals surface area contributed by atoms with Crippen molar-refractivity contribution in [3.05, 3.63) is 71.5 Å². The third-order valence-corrected chi connectivity index (χ3v) is 3.02. The Morgan fingerprint density at radius 3 is 2.14 bits per heavy atom. The van der Waals surface area contributed by atoms with Crippen molar-refractivity contribution in [3.63, 3.8) is 0 Å². The topological polar surface area (TPSA) is 63.4 Å². The van der Waals surface area contributed by atoms with E-state index in [9.17, 15) is 14.0 Å². The summed E-state index contributed by atoms with van der Waals surface area (Å²) in [6.45, 7) is 0.0290. The van der Waals surface area contributed by atoms with Crippen LogP contribution < -0.4 is 5.73 Å². The average molecular weight is 286 g/mol. The Kier molecular flexibility index (Phi) is 4.66. The van der Waals surface area contributed by atoms with E-state index in [1.54, 1.807) is 12.1 Å². The molecule has 0 saturated carbocycles. The highest BCUT2D eigenvalue weighted by Crippen LogP contribution is 2.09. The Labute approximate surface area is 122 Å². The molecule has 0 bridgehead atoms. The Morgan fingerprint density at radius 1 is 0.952 bits per heavy atom. The lowest BCUT2D eigenvalue weighted by Gasteiger charge is -2.18. The van der Waals surface area contributed by atoms with Crippen LogP contribution in [0.2, 0.25) is 0 Å². The molecule has 0 aliphatic carbocycles. The number of carbonyl (C=O) groups is 2. The van der Waals surface area contributed by atoms with Crippen molar-refractivity contribution in [2.75, 3.05) is 0 Å². The highest BCUT2D eigenvalue weighted by Gasteiger charge is 2.19. The fourth-order valence-electron chi connectivity index (χ4n) is 1.93. The quantitative estimate of drug-likeness (QED) is 0.938. The number of imide groups is 1. The lowest BCUT2D eigenvalue weighted by Crippen LogP contribution is -2.41. The van der Waals surface area contributed by atoms with Crippen molar-refractivity contribution in [3.8, 4) is 0 Å². The van der Waals surface area contributed by atoms with Gasteiger partial charge in [-0.05, 0) is 23.3 Å². The molecule has 0 saturated heterocycles. The number of hydrogen-bond acceptors (Lipinski definition) is 2. The first-order chi connectivity index (χ1) is 10.1. The predicted molar refractivity (Wildman–Crippen MR) is 76.7 cm³/mol. The van der Waals surface area contributed by atoms with Crippen molar-refractivity contribution in [1.29, 1.82) is 0 Å². The minimum absolute atomic E-state index is 0.0290. The molecule has 21 heavy (non-hydrogen) atoms. The Morgan fingerprint density at radius 2 is 1.57 bits per heavy atom. The minimum Gasteiger partial charge on any atom is -0.351 e. The summed E-state index contributed by atoms with van der Waals surface area (Å²) in [6.07, 6.45) is 0.0883. The highest BCUT2D eigenvalue weighted by atomic mass is 19.1. The van der Waals surface area contributed by atoms with Crippen molar-refractivity contribution >= 4 is 11.9 Å². The van der Waals surface area contributed by atoms with Crippen molar-refractivity contribution in [2.45, 2.75) is 13.0 Å². The molecule has 108 valence electrons. The standard InChI is InChI=1S/C16H15FN2O2/c17-14-8-6-13(7-9-14)11-19(16(18)21)15(20)10-12-4-2-1-3-5-12/h1-9H,10-11H2,(H2,18,21). The largest absolute Gasteiger partial charge is 0.351 e. The zero-order chi connectivity index (χ0) is 15.2. The highest BCUT2D eigenvalue weighted by molar-refractivity contribution is 5.94. The van der Waals surface area contributed by atoms with Gasteiger partial charge in [0.1, 0.15) is 5.82 Å². The summed E-state index contributed by atoms with van der Waals surface area (Å²) in [4.78, 5) is 24.6. The van der Waals surface area contributed by atoms with E-state index in [2.05, 4.69) is 0 Å². The van der Waals surface area contributed by atoms with Gasteiger partial charge in [0.2, 0.25) is 5.91 Å². The van der Waals surface area contributed by atoms with Crippen LogP contribution in [0.1, 0.15) is 11.1 Å². The summed E-state index contributed by atoms with van der Waals surface area (Å²) in [7, 11) is 0. The van der Waals surface area contributed by atoms with Gasteiger partial charge in [0.05, 0.1) is 13.0 Å². The summed E-state index contributed by atoms with van der Waals surface area (Å²) in [6, 6.07) is 13.8. The molecule has 0 unspecified atom stereocenters. The zero-order valence-corrected chi connectivity index (χ0v) is 11.3.